The van der Waals surface area contributed by atoms with E-state index in [-0.39, 0.29) is 30.8 Å². The Bertz CT molecular complexity index is 629. The molecule has 1 fully saturated rings. The van der Waals surface area contributed by atoms with Gasteiger partial charge >= 0.3 is 5.97 Å². The van der Waals surface area contributed by atoms with Crippen LogP contribution in [-0.2, 0) is 14.3 Å². The fourth-order valence-electron chi connectivity index (χ4n) is 2.15. The lowest BCUT2D eigenvalue weighted by Gasteiger charge is -2.22. The van der Waals surface area contributed by atoms with Gasteiger partial charge in [-0.15, -0.1) is 0 Å². The molecule has 23 heavy (non-hydrogen) atoms. The summed E-state index contributed by atoms with van der Waals surface area (Å²) in [6, 6.07) is 4.83. The van der Waals surface area contributed by atoms with Gasteiger partial charge in [-0.1, -0.05) is 11.6 Å². The molecular weight excluding hydrogens is 320 g/mol. The largest absolute Gasteiger partial charge is 0.465 e. The van der Waals surface area contributed by atoms with Crippen LogP contribution in [0, 0.1) is 0 Å². The quantitative estimate of drug-likeness (QED) is 0.806. The van der Waals surface area contributed by atoms with E-state index in [1.807, 2.05) is 0 Å². The van der Waals surface area contributed by atoms with Crippen molar-refractivity contribution in [2.75, 3.05) is 18.6 Å². The summed E-state index contributed by atoms with van der Waals surface area (Å²) in [5, 5.41) is 3.20. The third kappa shape index (κ3) is 4.69. The third-order valence-corrected chi connectivity index (χ3v) is 3.86. The van der Waals surface area contributed by atoms with Crippen molar-refractivity contribution in [2.45, 2.75) is 32.2 Å². The van der Waals surface area contributed by atoms with E-state index in [0.717, 1.165) is 12.8 Å². The van der Waals surface area contributed by atoms with Gasteiger partial charge in [-0.25, -0.2) is 4.79 Å². The summed E-state index contributed by atoms with van der Waals surface area (Å²) in [6.07, 6.45) is 2.19. The highest BCUT2D eigenvalue weighted by Crippen LogP contribution is 2.28. The summed E-state index contributed by atoms with van der Waals surface area (Å²) in [5.74, 6) is -0.870. The fourth-order valence-corrected chi connectivity index (χ4v) is 2.37. The number of hydrogen-bond acceptors (Lipinski definition) is 4. The molecule has 1 aromatic rings. The number of carbonyl (C=O) groups is 3. The van der Waals surface area contributed by atoms with Gasteiger partial charge in [0, 0.05) is 25.9 Å². The average Bonchev–Trinajstić information content (AvgIpc) is 3.31. The van der Waals surface area contributed by atoms with Crippen LogP contribution in [0.3, 0.4) is 0 Å². The summed E-state index contributed by atoms with van der Waals surface area (Å²) < 4.78 is 4.67. The first-order valence-corrected chi connectivity index (χ1v) is 7.75. The molecule has 1 aromatic carbocycles. The van der Waals surface area contributed by atoms with Crippen molar-refractivity contribution in [3.8, 4) is 0 Å². The lowest BCUT2D eigenvalue weighted by Crippen LogP contribution is -2.34. The number of hydrogen-bond donors (Lipinski definition) is 1. The molecule has 1 aliphatic rings. The van der Waals surface area contributed by atoms with E-state index in [1.54, 1.807) is 0 Å². The second-order valence-corrected chi connectivity index (χ2v) is 5.83. The molecule has 1 saturated carbocycles. The number of methoxy groups -OCH3 is 1. The Morgan fingerprint density at radius 3 is 2.61 bits per heavy atom. The number of esters is 1. The van der Waals surface area contributed by atoms with Crippen molar-refractivity contribution in [3.63, 3.8) is 0 Å². The molecule has 0 heterocycles. The lowest BCUT2D eigenvalue weighted by molar-refractivity contribution is -0.121. The van der Waals surface area contributed by atoms with E-state index in [1.165, 1.54) is 37.1 Å². The Morgan fingerprint density at radius 2 is 2.04 bits per heavy atom. The minimum absolute atomic E-state index is 0.0982. The number of ether oxygens (including phenoxy) is 1. The summed E-state index contributed by atoms with van der Waals surface area (Å²) in [6.45, 7) is 1.58. The van der Waals surface area contributed by atoms with E-state index in [0.29, 0.717) is 16.3 Å². The average molecular weight is 339 g/mol. The number of carbonyl (C=O) groups excluding carboxylic acids is 3. The molecule has 1 N–H and O–H groups in total. The molecule has 2 rings (SSSR count). The van der Waals surface area contributed by atoms with E-state index in [9.17, 15) is 14.4 Å². The molecule has 124 valence electrons. The first kappa shape index (κ1) is 17.3. The van der Waals surface area contributed by atoms with E-state index >= 15 is 0 Å². The summed E-state index contributed by atoms with van der Waals surface area (Å²) >= 11 is 6.15. The number of nitrogens with one attached hydrogen (secondary N) is 1. The topological polar surface area (TPSA) is 75.7 Å². The molecule has 0 radical (unpaired) electrons. The minimum Gasteiger partial charge on any atom is -0.465 e. The van der Waals surface area contributed by atoms with Gasteiger partial charge in [0.05, 0.1) is 23.4 Å². The smallest absolute Gasteiger partial charge is 0.337 e. The van der Waals surface area contributed by atoms with Crippen molar-refractivity contribution in [1.82, 2.24) is 5.32 Å². The van der Waals surface area contributed by atoms with E-state index in [2.05, 4.69) is 10.1 Å². The standard InChI is InChI=1S/C16H19ClN2O4/c1-10(20)19(8-7-15(21)18-12-4-5-12)14-9-11(16(22)23-2)3-6-13(14)17/h3,6,9,12H,4-5,7-8H2,1-2H3,(H,18,21). The Labute approximate surface area is 139 Å². The van der Waals surface area contributed by atoms with Gasteiger partial charge < -0.3 is 15.0 Å². The van der Waals surface area contributed by atoms with Crippen LogP contribution in [0.5, 0.6) is 0 Å². The number of nitrogens with zero attached hydrogens (tertiary/aromatic N) is 1. The van der Waals surface area contributed by atoms with Crippen LogP contribution < -0.4 is 10.2 Å². The van der Waals surface area contributed by atoms with Crippen LogP contribution in [0.1, 0.15) is 36.5 Å². The SMILES string of the molecule is COC(=O)c1ccc(Cl)c(N(CCC(=O)NC2CC2)C(C)=O)c1. The molecular formula is C16H19ClN2O4. The zero-order valence-electron chi connectivity index (χ0n) is 13.1. The summed E-state index contributed by atoms with van der Waals surface area (Å²) in [7, 11) is 1.28. The van der Waals surface area contributed by atoms with Crippen LogP contribution in [0.15, 0.2) is 18.2 Å². The zero-order chi connectivity index (χ0) is 17.0. The molecule has 2 amide bonds. The van der Waals surface area contributed by atoms with Gasteiger partial charge in [0.1, 0.15) is 0 Å². The van der Waals surface area contributed by atoms with Crippen molar-refractivity contribution in [1.29, 1.82) is 0 Å². The Morgan fingerprint density at radius 1 is 1.35 bits per heavy atom. The highest BCUT2D eigenvalue weighted by molar-refractivity contribution is 6.34. The van der Waals surface area contributed by atoms with Crippen LogP contribution in [0.4, 0.5) is 5.69 Å². The number of amides is 2. The minimum atomic E-state index is -0.516. The molecule has 7 heteroatoms. The molecule has 0 bridgehead atoms. The second kappa shape index (κ2) is 7.46. The number of rotatable bonds is 6. The van der Waals surface area contributed by atoms with Crippen LogP contribution in [0.2, 0.25) is 5.02 Å². The highest BCUT2D eigenvalue weighted by atomic mass is 35.5. The van der Waals surface area contributed by atoms with E-state index in [4.69, 9.17) is 11.6 Å². The zero-order valence-corrected chi connectivity index (χ0v) is 13.9. The molecule has 0 aliphatic heterocycles. The predicted molar refractivity (Wildman–Crippen MR) is 86.6 cm³/mol. The third-order valence-electron chi connectivity index (χ3n) is 3.54. The molecule has 0 saturated heterocycles. The fraction of sp³-hybridized carbons (Fsp3) is 0.438. The lowest BCUT2D eigenvalue weighted by atomic mass is 10.1. The maximum absolute atomic E-state index is 11.9. The normalized spacial score (nSPS) is 13.3. The van der Waals surface area contributed by atoms with Crippen molar-refractivity contribution in [3.05, 3.63) is 28.8 Å². The Kier molecular flexibility index (Phi) is 5.60. The maximum Gasteiger partial charge on any atom is 0.337 e. The summed E-state index contributed by atoms with van der Waals surface area (Å²) in [5.41, 5.74) is 0.682. The van der Waals surface area contributed by atoms with Crippen LogP contribution in [-0.4, -0.2) is 37.5 Å². The van der Waals surface area contributed by atoms with Crippen molar-refractivity contribution < 1.29 is 19.1 Å². The molecule has 0 unspecified atom stereocenters. The molecule has 1 aliphatic carbocycles. The molecule has 0 atom stereocenters. The monoisotopic (exact) mass is 338 g/mol. The number of halogens is 1. The Hall–Kier alpha value is -2.08. The van der Waals surface area contributed by atoms with Gasteiger partial charge in [-0.05, 0) is 31.0 Å². The number of anilines is 1. The highest BCUT2D eigenvalue weighted by Gasteiger charge is 2.24. The van der Waals surface area contributed by atoms with Crippen LogP contribution in [0.25, 0.3) is 0 Å². The molecule has 6 nitrogen and oxygen atoms in total. The second-order valence-electron chi connectivity index (χ2n) is 5.42. The van der Waals surface area contributed by atoms with Gasteiger partial charge in [0.2, 0.25) is 11.8 Å². The summed E-state index contributed by atoms with van der Waals surface area (Å²) in [4.78, 5) is 36.7. The number of benzene rings is 1. The maximum atomic E-state index is 11.9. The Balaban J connectivity index is 2.14. The first-order valence-electron chi connectivity index (χ1n) is 7.37. The van der Waals surface area contributed by atoms with Gasteiger partial charge in [0.25, 0.3) is 0 Å². The molecule has 0 spiro atoms. The van der Waals surface area contributed by atoms with E-state index < -0.39 is 5.97 Å². The van der Waals surface area contributed by atoms with Gasteiger partial charge in [-0.2, -0.15) is 0 Å². The van der Waals surface area contributed by atoms with Crippen molar-refractivity contribution >= 4 is 35.1 Å². The first-order chi connectivity index (χ1) is 10.9. The van der Waals surface area contributed by atoms with Crippen molar-refractivity contribution in [2.24, 2.45) is 0 Å². The van der Waals surface area contributed by atoms with Gasteiger partial charge in [-0.3, -0.25) is 9.59 Å². The molecule has 0 aromatic heterocycles. The predicted octanol–water partition coefficient (Wildman–Crippen LogP) is 2.15. The van der Waals surface area contributed by atoms with Crippen LogP contribution >= 0.6 is 11.6 Å². The van der Waals surface area contributed by atoms with Gasteiger partial charge in [0.15, 0.2) is 0 Å².